The SMILES string of the molecule is CN(C)C1CCCN(C(=O)C2CCCN2C(=O)OC(C)(C)C)C1. The van der Waals surface area contributed by atoms with E-state index in [1.165, 1.54) is 0 Å². The lowest BCUT2D eigenvalue weighted by molar-refractivity contribution is -0.137. The molecule has 2 fully saturated rings. The molecule has 2 saturated heterocycles. The number of hydrogen-bond donors (Lipinski definition) is 0. The molecule has 23 heavy (non-hydrogen) atoms. The maximum absolute atomic E-state index is 12.9. The lowest BCUT2D eigenvalue weighted by Crippen LogP contribution is -2.54. The molecule has 0 N–H and O–H groups in total. The fraction of sp³-hybridized carbons (Fsp3) is 0.882. The fourth-order valence-electron chi connectivity index (χ4n) is 3.35. The van der Waals surface area contributed by atoms with Crippen LogP contribution in [0, 0.1) is 0 Å². The number of piperidine rings is 1. The van der Waals surface area contributed by atoms with E-state index in [-0.39, 0.29) is 18.0 Å². The van der Waals surface area contributed by atoms with Crippen molar-refractivity contribution in [3.63, 3.8) is 0 Å². The molecular weight excluding hydrogens is 294 g/mol. The summed E-state index contributed by atoms with van der Waals surface area (Å²) in [6.07, 6.45) is 3.38. The molecule has 6 heteroatoms. The van der Waals surface area contributed by atoms with Gasteiger partial charge in [-0.05, 0) is 60.5 Å². The Bertz CT molecular complexity index is 445. The van der Waals surface area contributed by atoms with Crippen LogP contribution in [0.1, 0.15) is 46.5 Å². The first-order valence-corrected chi connectivity index (χ1v) is 8.64. The smallest absolute Gasteiger partial charge is 0.410 e. The van der Waals surface area contributed by atoms with Gasteiger partial charge in [-0.2, -0.15) is 0 Å². The first-order valence-electron chi connectivity index (χ1n) is 8.64. The van der Waals surface area contributed by atoms with E-state index in [0.29, 0.717) is 12.6 Å². The first-order chi connectivity index (χ1) is 10.7. The topological polar surface area (TPSA) is 53.1 Å². The van der Waals surface area contributed by atoms with Gasteiger partial charge < -0.3 is 14.5 Å². The summed E-state index contributed by atoms with van der Waals surface area (Å²) >= 11 is 0. The zero-order chi connectivity index (χ0) is 17.2. The summed E-state index contributed by atoms with van der Waals surface area (Å²) in [7, 11) is 4.11. The number of nitrogens with zero attached hydrogens (tertiary/aromatic N) is 3. The Kier molecular flexibility index (Phi) is 5.55. The third-order valence-corrected chi connectivity index (χ3v) is 4.60. The molecule has 2 heterocycles. The van der Waals surface area contributed by atoms with Crippen LogP contribution in [0.4, 0.5) is 4.79 Å². The van der Waals surface area contributed by atoms with Gasteiger partial charge in [-0.1, -0.05) is 0 Å². The van der Waals surface area contributed by atoms with Crippen LogP contribution in [0.15, 0.2) is 0 Å². The second-order valence-corrected chi connectivity index (χ2v) is 7.88. The van der Waals surface area contributed by atoms with Crippen LogP contribution in [0.3, 0.4) is 0 Å². The van der Waals surface area contributed by atoms with Crippen molar-refractivity contribution in [1.82, 2.24) is 14.7 Å². The van der Waals surface area contributed by atoms with Crippen molar-refractivity contribution in [2.45, 2.75) is 64.1 Å². The zero-order valence-corrected chi connectivity index (χ0v) is 15.2. The van der Waals surface area contributed by atoms with Crippen molar-refractivity contribution in [1.29, 1.82) is 0 Å². The normalized spacial score (nSPS) is 25.8. The zero-order valence-electron chi connectivity index (χ0n) is 15.2. The van der Waals surface area contributed by atoms with Crippen molar-refractivity contribution in [2.75, 3.05) is 33.7 Å². The van der Waals surface area contributed by atoms with Crippen LogP contribution in [0.5, 0.6) is 0 Å². The molecule has 2 amide bonds. The van der Waals surface area contributed by atoms with Gasteiger partial charge in [-0.15, -0.1) is 0 Å². The molecule has 0 bridgehead atoms. The lowest BCUT2D eigenvalue weighted by Gasteiger charge is -2.38. The summed E-state index contributed by atoms with van der Waals surface area (Å²) < 4.78 is 5.46. The Morgan fingerprint density at radius 1 is 1.09 bits per heavy atom. The van der Waals surface area contributed by atoms with E-state index in [0.717, 1.165) is 38.8 Å². The van der Waals surface area contributed by atoms with E-state index in [1.807, 2.05) is 25.7 Å². The Labute approximate surface area is 139 Å². The Balaban J connectivity index is 2.01. The lowest BCUT2D eigenvalue weighted by atomic mass is 10.0. The predicted octanol–water partition coefficient (Wildman–Crippen LogP) is 1.94. The van der Waals surface area contributed by atoms with Gasteiger partial charge in [0.15, 0.2) is 0 Å². The Morgan fingerprint density at radius 3 is 2.35 bits per heavy atom. The van der Waals surface area contributed by atoms with Gasteiger partial charge in [-0.3, -0.25) is 9.69 Å². The molecule has 2 unspecified atom stereocenters. The molecule has 0 aromatic carbocycles. The summed E-state index contributed by atoms with van der Waals surface area (Å²) in [6.45, 7) is 7.71. The Hall–Kier alpha value is -1.30. The quantitative estimate of drug-likeness (QED) is 0.778. The summed E-state index contributed by atoms with van der Waals surface area (Å²) in [6, 6.07) is 0.0508. The molecule has 2 atom stereocenters. The standard InChI is InChI=1S/C17H31N3O3/c1-17(2,3)23-16(22)20-11-7-9-14(20)15(21)19-10-6-8-13(12-19)18(4)5/h13-14H,6-12H2,1-5H3. The minimum atomic E-state index is -0.533. The molecule has 132 valence electrons. The third-order valence-electron chi connectivity index (χ3n) is 4.60. The van der Waals surface area contributed by atoms with Gasteiger partial charge in [0.05, 0.1) is 0 Å². The minimum Gasteiger partial charge on any atom is -0.444 e. The maximum atomic E-state index is 12.9. The summed E-state index contributed by atoms with van der Waals surface area (Å²) in [5.41, 5.74) is -0.533. The van der Waals surface area contributed by atoms with Gasteiger partial charge in [0.1, 0.15) is 11.6 Å². The molecule has 2 aliphatic rings. The van der Waals surface area contributed by atoms with Gasteiger partial charge in [0.25, 0.3) is 0 Å². The average Bonchev–Trinajstić information content (AvgIpc) is 2.94. The van der Waals surface area contributed by atoms with Gasteiger partial charge >= 0.3 is 6.09 Å². The minimum absolute atomic E-state index is 0.0832. The van der Waals surface area contributed by atoms with E-state index in [4.69, 9.17) is 4.74 Å². The van der Waals surface area contributed by atoms with E-state index < -0.39 is 5.60 Å². The van der Waals surface area contributed by atoms with Crippen molar-refractivity contribution in [3.05, 3.63) is 0 Å². The van der Waals surface area contributed by atoms with Gasteiger partial charge in [0, 0.05) is 25.7 Å². The van der Waals surface area contributed by atoms with Crippen molar-refractivity contribution >= 4 is 12.0 Å². The van der Waals surface area contributed by atoms with Crippen LogP contribution in [0.2, 0.25) is 0 Å². The maximum Gasteiger partial charge on any atom is 0.410 e. The highest BCUT2D eigenvalue weighted by Crippen LogP contribution is 2.24. The van der Waals surface area contributed by atoms with Crippen molar-refractivity contribution < 1.29 is 14.3 Å². The number of ether oxygens (including phenoxy) is 1. The first kappa shape index (κ1) is 18.0. The van der Waals surface area contributed by atoms with Gasteiger partial charge in [-0.25, -0.2) is 4.79 Å². The van der Waals surface area contributed by atoms with Crippen LogP contribution in [-0.4, -0.2) is 78.1 Å². The molecule has 0 aromatic heterocycles. The molecule has 6 nitrogen and oxygen atoms in total. The van der Waals surface area contributed by atoms with Crippen LogP contribution >= 0.6 is 0 Å². The molecule has 0 aliphatic carbocycles. The van der Waals surface area contributed by atoms with Crippen LogP contribution in [-0.2, 0) is 9.53 Å². The number of carbonyl (C=O) groups is 2. The largest absolute Gasteiger partial charge is 0.444 e. The highest BCUT2D eigenvalue weighted by Gasteiger charge is 2.39. The molecule has 0 spiro atoms. The number of hydrogen-bond acceptors (Lipinski definition) is 4. The van der Waals surface area contributed by atoms with Crippen LogP contribution in [0.25, 0.3) is 0 Å². The molecule has 2 aliphatic heterocycles. The highest BCUT2D eigenvalue weighted by atomic mass is 16.6. The molecule has 2 rings (SSSR count). The average molecular weight is 325 g/mol. The molecule has 0 aromatic rings. The molecule has 0 saturated carbocycles. The second-order valence-electron chi connectivity index (χ2n) is 7.88. The monoisotopic (exact) mass is 325 g/mol. The molecular formula is C17H31N3O3. The third kappa shape index (κ3) is 4.59. The summed E-state index contributed by atoms with van der Waals surface area (Å²) in [5.74, 6) is 0.0832. The second kappa shape index (κ2) is 7.07. The van der Waals surface area contributed by atoms with Gasteiger partial charge in [0.2, 0.25) is 5.91 Å². The number of rotatable bonds is 2. The predicted molar refractivity (Wildman–Crippen MR) is 89.3 cm³/mol. The van der Waals surface area contributed by atoms with Crippen molar-refractivity contribution in [3.8, 4) is 0 Å². The van der Waals surface area contributed by atoms with Crippen LogP contribution < -0.4 is 0 Å². The summed E-state index contributed by atoms with van der Waals surface area (Å²) in [4.78, 5) is 31.0. The number of carbonyl (C=O) groups excluding carboxylic acids is 2. The van der Waals surface area contributed by atoms with E-state index >= 15 is 0 Å². The fourth-order valence-corrected chi connectivity index (χ4v) is 3.35. The van der Waals surface area contributed by atoms with E-state index in [9.17, 15) is 9.59 Å². The van der Waals surface area contributed by atoms with Crippen molar-refractivity contribution in [2.24, 2.45) is 0 Å². The number of likely N-dealkylation sites (tertiary alicyclic amines) is 2. The highest BCUT2D eigenvalue weighted by molar-refractivity contribution is 5.86. The number of likely N-dealkylation sites (N-methyl/N-ethyl adjacent to an activating group) is 1. The molecule has 0 radical (unpaired) electrons. The van der Waals surface area contributed by atoms with E-state index in [2.05, 4.69) is 19.0 Å². The van der Waals surface area contributed by atoms with E-state index in [1.54, 1.807) is 4.90 Å². The number of amides is 2. The Morgan fingerprint density at radius 2 is 1.74 bits per heavy atom. The summed E-state index contributed by atoms with van der Waals surface area (Å²) in [5, 5.41) is 0.